The minimum atomic E-state index is -0.430. The molecule has 2 atom stereocenters. The highest BCUT2D eigenvalue weighted by Crippen LogP contribution is 2.47. The van der Waals surface area contributed by atoms with Crippen molar-refractivity contribution in [2.75, 3.05) is 13.1 Å². The number of unbranched alkanes of at least 4 members (excludes halogenated alkanes) is 1. The number of piperidine rings is 1. The third-order valence-corrected chi connectivity index (χ3v) is 5.74. The van der Waals surface area contributed by atoms with Crippen molar-refractivity contribution in [2.45, 2.75) is 64.5 Å². The lowest BCUT2D eigenvalue weighted by molar-refractivity contribution is -0.0834. The standard InChI is InChI=1S/C17H28ClN3O/c1-3-4-5-15-19-14(16(18)20-15)11-21-9-8-17(22,12(2)10-21)13-6-7-13/h12-13,22H,3-11H2,1-2H3,(H,19,20). The number of aryl methyl sites for hydroxylation is 1. The Hall–Kier alpha value is -0.580. The van der Waals surface area contributed by atoms with Crippen LogP contribution in [0.4, 0.5) is 0 Å². The molecule has 3 rings (SSSR count). The number of imidazole rings is 1. The second kappa shape index (κ2) is 6.50. The lowest BCUT2D eigenvalue weighted by atomic mass is 9.78. The first-order chi connectivity index (χ1) is 10.5. The fraction of sp³-hybridized carbons (Fsp3) is 0.824. The number of aromatic nitrogens is 2. The first-order valence-corrected chi connectivity index (χ1v) is 9.08. The topological polar surface area (TPSA) is 52.1 Å². The summed E-state index contributed by atoms with van der Waals surface area (Å²) in [6, 6.07) is 0. The van der Waals surface area contributed by atoms with Crippen LogP contribution in [0.15, 0.2) is 0 Å². The molecule has 1 saturated carbocycles. The van der Waals surface area contributed by atoms with Gasteiger partial charge in [-0.2, -0.15) is 0 Å². The van der Waals surface area contributed by atoms with Gasteiger partial charge in [0.15, 0.2) is 5.15 Å². The third kappa shape index (κ3) is 3.34. The molecule has 1 aromatic rings. The summed E-state index contributed by atoms with van der Waals surface area (Å²) >= 11 is 6.28. The largest absolute Gasteiger partial charge is 0.389 e. The minimum absolute atomic E-state index is 0.329. The summed E-state index contributed by atoms with van der Waals surface area (Å²) in [4.78, 5) is 10.2. The Labute approximate surface area is 138 Å². The molecule has 0 amide bonds. The molecule has 2 heterocycles. The van der Waals surface area contributed by atoms with Crippen LogP contribution in [-0.2, 0) is 13.0 Å². The molecule has 5 heteroatoms. The van der Waals surface area contributed by atoms with E-state index in [1.54, 1.807) is 0 Å². The molecule has 0 spiro atoms. The van der Waals surface area contributed by atoms with Crippen LogP contribution in [0.3, 0.4) is 0 Å². The number of nitrogens with zero attached hydrogens (tertiary/aromatic N) is 2. The van der Waals surface area contributed by atoms with E-state index in [-0.39, 0.29) is 0 Å². The van der Waals surface area contributed by atoms with Crippen LogP contribution >= 0.6 is 11.6 Å². The zero-order valence-electron chi connectivity index (χ0n) is 13.7. The summed E-state index contributed by atoms with van der Waals surface area (Å²) < 4.78 is 0. The monoisotopic (exact) mass is 325 g/mol. The van der Waals surface area contributed by atoms with Gasteiger partial charge in [0.1, 0.15) is 5.82 Å². The smallest absolute Gasteiger partial charge is 0.151 e. The van der Waals surface area contributed by atoms with Gasteiger partial charge in [0.05, 0.1) is 11.3 Å². The molecule has 124 valence electrons. The van der Waals surface area contributed by atoms with Crippen molar-refractivity contribution in [3.05, 3.63) is 16.7 Å². The van der Waals surface area contributed by atoms with E-state index in [9.17, 15) is 5.11 Å². The number of nitrogens with one attached hydrogen (secondary N) is 1. The van der Waals surface area contributed by atoms with Gasteiger partial charge >= 0.3 is 0 Å². The van der Waals surface area contributed by atoms with E-state index in [0.29, 0.717) is 17.0 Å². The van der Waals surface area contributed by atoms with Crippen molar-refractivity contribution in [2.24, 2.45) is 11.8 Å². The Bertz CT molecular complexity index is 514. The summed E-state index contributed by atoms with van der Waals surface area (Å²) in [5.74, 6) is 1.87. The van der Waals surface area contributed by atoms with Crippen LogP contribution < -0.4 is 0 Å². The predicted octanol–water partition coefficient (Wildman–Crippen LogP) is 3.39. The van der Waals surface area contributed by atoms with E-state index in [0.717, 1.165) is 56.8 Å². The molecule has 1 aromatic heterocycles. The van der Waals surface area contributed by atoms with E-state index < -0.39 is 5.60 Å². The second-order valence-electron chi connectivity index (χ2n) is 7.21. The molecule has 2 unspecified atom stereocenters. The van der Waals surface area contributed by atoms with Crippen molar-refractivity contribution in [3.63, 3.8) is 0 Å². The molecule has 1 aliphatic carbocycles. The van der Waals surface area contributed by atoms with Gasteiger partial charge in [-0.25, -0.2) is 4.98 Å². The molecule has 22 heavy (non-hydrogen) atoms. The van der Waals surface area contributed by atoms with Crippen LogP contribution in [-0.4, -0.2) is 38.7 Å². The van der Waals surface area contributed by atoms with E-state index >= 15 is 0 Å². The van der Waals surface area contributed by atoms with Crippen molar-refractivity contribution >= 4 is 11.6 Å². The highest BCUT2D eigenvalue weighted by atomic mass is 35.5. The molecule has 2 aliphatic rings. The third-order valence-electron chi connectivity index (χ3n) is 5.42. The van der Waals surface area contributed by atoms with Crippen molar-refractivity contribution < 1.29 is 5.11 Å². The number of rotatable bonds is 6. The fourth-order valence-corrected chi connectivity index (χ4v) is 3.99. The molecule has 0 radical (unpaired) electrons. The summed E-state index contributed by atoms with van der Waals surface area (Å²) in [6.07, 6.45) is 6.55. The average Bonchev–Trinajstić information content (AvgIpc) is 3.28. The zero-order valence-corrected chi connectivity index (χ0v) is 14.5. The Morgan fingerprint density at radius 3 is 2.86 bits per heavy atom. The Balaban J connectivity index is 1.59. The van der Waals surface area contributed by atoms with Gasteiger partial charge in [-0.3, -0.25) is 4.90 Å². The molecular weight excluding hydrogens is 298 g/mol. The lowest BCUT2D eigenvalue weighted by Crippen LogP contribution is -2.51. The van der Waals surface area contributed by atoms with Crippen LogP contribution in [0.2, 0.25) is 5.15 Å². The predicted molar refractivity (Wildman–Crippen MR) is 88.9 cm³/mol. The van der Waals surface area contributed by atoms with Gasteiger partial charge in [-0.05, 0) is 37.5 Å². The van der Waals surface area contributed by atoms with Crippen LogP contribution in [0.5, 0.6) is 0 Å². The lowest BCUT2D eigenvalue weighted by Gasteiger charge is -2.43. The number of likely N-dealkylation sites (tertiary alicyclic amines) is 1. The number of aromatic amines is 1. The summed E-state index contributed by atoms with van der Waals surface area (Å²) in [7, 11) is 0. The van der Waals surface area contributed by atoms with E-state index in [1.807, 2.05) is 0 Å². The molecule has 0 bridgehead atoms. The Morgan fingerprint density at radius 2 is 2.23 bits per heavy atom. The summed E-state index contributed by atoms with van der Waals surface area (Å²) in [6.45, 7) is 7.06. The quantitative estimate of drug-likeness (QED) is 0.843. The number of H-pyrrole nitrogens is 1. The number of aliphatic hydroxyl groups is 1. The molecule has 1 aliphatic heterocycles. The number of halogens is 1. The molecular formula is C17H28ClN3O. The molecule has 2 N–H and O–H groups in total. The minimum Gasteiger partial charge on any atom is -0.389 e. The van der Waals surface area contributed by atoms with Crippen LogP contribution in [0, 0.1) is 11.8 Å². The SMILES string of the molecule is CCCCc1nc(Cl)c(CN2CCC(O)(C3CC3)C(C)C2)[nH]1. The Kier molecular flexibility index (Phi) is 4.81. The van der Waals surface area contributed by atoms with Gasteiger partial charge in [-0.1, -0.05) is 31.9 Å². The maximum absolute atomic E-state index is 10.8. The Morgan fingerprint density at radius 1 is 1.45 bits per heavy atom. The first kappa shape index (κ1) is 16.3. The van der Waals surface area contributed by atoms with Crippen molar-refractivity contribution in [1.29, 1.82) is 0 Å². The maximum Gasteiger partial charge on any atom is 0.151 e. The maximum atomic E-state index is 10.8. The van der Waals surface area contributed by atoms with Crippen LogP contribution in [0.1, 0.15) is 57.5 Å². The second-order valence-corrected chi connectivity index (χ2v) is 7.57. The van der Waals surface area contributed by atoms with E-state index in [2.05, 4.69) is 28.7 Å². The molecule has 4 nitrogen and oxygen atoms in total. The number of hydrogen-bond acceptors (Lipinski definition) is 3. The highest BCUT2D eigenvalue weighted by molar-refractivity contribution is 6.30. The van der Waals surface area contributed by atoms with Gasteiger partial charge in [0, 0.05) is 26.1 Å². The molecule has 2 fully saturated rings. The van der Waals surface area contributed by atoms with Gasteiger partial charge in [0.2, 0.25) is 0 Å². The van der Waals surface area contributed by atoms with Gasteiger partial charge in [-0.15, -0.1) is 0 Å². The first-order valence-electron chi connectivity index (χ1n) is 8.71. The van der Waals surface area contributed by atoms with Gasteiger partial charge in [0.25, 0.3) is 0 Å². The van der Waals surface area contributed by atoms with Crippen molar-refractivity contribution in [1.82, 2.24) is 14.9 Å². The molecule has 0 aromatic carbocycles. The fourth-order valence-electron chi connectivity index (χ4n) is 3.78. The number of hydrogen-bond donors (Lipinski definition) is 2. The van der Waals surface area contributed by atoms with Crippen molar-refractivity contribution in [3.8, 4) is 0 Å². The van der Waals surface area contributed by atoms with E-state index in [4.69, 9.17) is 11.6 Å². The van der Waals surface area contributed by atoms with Crippen LogP contribution in [0.25, 0.3) is 0 Å². The summed E-state index contributed by atoms with van der Waals surface area (Å²) in [5.41, 5.74) is 0.595. The summed E-state index contributed by atoms with van der Waals surface area (Å²) in [5, 5.41) is 11.5. The van der Waals surface area contributed by atoms with E-state index in [1.165, 1.54) is 12.8 Å². The average molecular weight is 326 g/mol. The zero-order chi connectivity index (χ0) is 15.7. The highest BCUT2D eigenvalue weighted by Gasteiger charge is 2.49. The normalized spacial score (nSPS) is 29.9. The van der Waals surface area contributed by atoms with Gasteiger partial charge < -0.3 is 10.1 Å². The molecule has 1 saturated heterocycles.